The van der Waals surface area contributed by atoms with E-state index in [-0.39, 0.29) is 0 Å². The highest BCUT2D eigenvalue weighted by Crippen LogP contribution is 2.33. The van der Waals surface area contributed by atoms with Crippen molar-refractivity contribution in [1.29, 1.82) is 5.26 Å². The summed E-state index contributed by atoms with van der Waals surface area (Å²) >= 11 is 0. The minimum atomic E-state index is 0.506. The fraction of sp³-hybridized carbons (Fsp3) is 0.0400. The van der Waals surface area contributed by atoms with Gasteiger partial charge >= 0.3 is 0 Å². The van der Waals surface area contributed by atoms with Crippen LogP contribution in [0.1, 0.15) is 5.56 Å². The molecular formula is C25H19N3O. The fourth-order valence-electron chi connectivity index (χ4n) is 3.16. The fourth-order valence-corrected chi connectivity index (χ4v) is 3.16. The highest BCUT2D eigenvalue weighted by molar-refractivity contribution is 5.82. The molecule has 3 aromatic carbocycles. The largest absolute Gasteiger partial charge is 0.497 e. The van der Waals surface area contributed by atoms with Crippen molar-refractivity contribution in [3.8, 4) is 34.2 Å². The molecule has 4 nitrogen and oxygen atoms in total. The number of anilines is 2. The van der Waals surface area contributed by atoms with Crippen molar-refractivity contribution in [2.45, 2.75) is 0 Å². The Bertz CT molecular complexity index is 1150. The molecule has 0 saturated carbocycles. The second kappa shape index (κ2) is 8.28. The van der Waals surface area contributed by atoms with Crippen LogP contribution in [-0.4, -0.2) is 12.1 Å². The number of aromatic nitrogens is 1. The van der Waals surface area contributed by atoms with Crippen LogP contribution in [0.15, 0.2) is 91.0 Å². The smallest absolute Gasteiger partial charge is 0.149 e. The summed E-state index contributed by atoms with van der Waals surface area (Å²) in [6.07, 6.45) is 0. The number of hydrogen-bond acceptors (Lipinski definition) is 4. The van der Waals surface area contributed by atoms with Crippen LogP contribution >= 0.6 is 0 Å². The van der Waals surface area contributed by atoms with Crippen molar-refractivity contribution in [2.24, 2.45) is 0 Å². The van der Waals surface area contributed by atoms with Crippen LogP contribution in [0.5, 0.6) is 5.75 Å². The molecule has 0 aliphatic heterocycles. The van der Waals surface area contributed by atoms with Gasteiger partial charge in [-0.3, -0.25) is 0 Å². The Kier molecular flexibility index (Phi) is 5.22. The number of rotatable bonds is 5. The highest BCUT2D eigenvalue weighted by Gasteiger charge is 2.15. The molecule has 4 aromatic rings. The van der Waals surface area contributed by atoms with E-state index >= 15 is 0 Å². The topological polar surface area (TPSA) is 57.9 Å². The van der Waals surface area contributed by atoms with Gasteiger partial charge in [0.2, 0.25) is 0 Å². The number of ether oxygens (including phenoxy) is 1. The van der Waals surface area contributed by atoms with E-state index in [1.54, 1.807) is 7.11 Å². The number of nitrogens with one attached hydrogen (secondary N) is 1. The summed E-state index contributed by atoms with van der Waals surface area (Å²) < 4.78 is 5.22. The number of nitriles is 1. The van der Waals surface area contributed by atoms with Gasteiger partial charge in [0.25, 0.3) is 0 Å². The van der Waals surface area contributed by atoms with E-state index in [1.807, 2.05) is 91.0 Å². The third kappa shape index (κ3) is 3.95. The number of methoxy groups -OCH3 is 1. The molecule has 4 heteroatoms. The number of nitrogens with zero attached hydrogens (tertiary/aromatic N) is 2. The molecule has 140 valence electrons. The Balaban J connectivity index is 1.87. The summed E-state index contributed by atoms with van der Waals surface area (Å²) in [5.74, 6) is 1.30. The van der Waals surface area contributed by atoms with Crippen LogP contribution in [0.4, 0.5) is 11.5 Å². The molecule has 0 spiro atoms. The average molecular weight is 377 g/mol. The zero-order valence-electron chi connectivity index (χ0n) is 16.0. The maximum absolute atomic E-state index is 9.93. The first kappa shape index (κ1) is 18.3. The standard InChI is InChI=1S/C25H19N3O/c1-29-21-14-12-20(13-15-21)27-25-23(17-26)22(18-8-4-2-5-9-18)16-24(28-25)19-10-6-3-7-11-19/h2-16H,1H3,(H,27,28). The Morgan fingerprint density at radius 2 is 1.45 bits per heavy atom. The minimum absolute atomic E-state index is 0.506. The van der Waals surface area contributed by atoms with E-state index in [0.29, 0.717) is 11.4 Å². The maximum atomic E-state index is 9.93. The minimum Gasteiger partial charge on any atom is -0.497 e. The van der Waals surface area contributed by atoms with E-state index in [0.717, 1.165) is 33.8 Å². The molecule has 0 aliphatic rings. The van der Waals surface area contributed by atoms with Crippen LogP contribution < -0.4 is 10.1 Å². The van der Waals surface area contributed by atoms with Crippen LogP contribution in [0.3, 0.4) is 0 Å². The van der Waals surface area contributed by atoms with Crippen LogP contribution in [0.2, 0.25) is 0 Å². The van der Waals surface area contributed by atoms with Gasteiger partial charge in [0.1, 0.15) is 23.2 Å². The summed E-state index contributed by atoms with van der Waals surface area (Å²) in [5, 5.41) is 13.2. The summed E-state index contributed by atoms with van der Waals surface area (Å²) in [7, 11) is 1.63. The molecule has 0 radical (unpaired) electrons. The summed E-state index contributed by atoms with van der Waals surface area (Å²) in [6.45, 7) is 0. The van der Waals surface area contributed by atoms with E-state index < -0.39 is 0 Å². The van der Waals surface area contributed by atoms with Crippen molar-refractivity contribution in [1.82, 2.24) is 4.98 Å². The normalized spacial score (nSPS) is 10.2. The Morgan fingerprint density at radius 1 is 0.828 bits per heavy atom. The number of pyridine rings is 1. The molecule has 0 bridgehead atoms. The summed E-state index contributed by atoms with van der Waals surface area (Å²) in [6, 6.07) is 31.7. The first-order valence-electron chi connectivity index (χ1n) is 9.25. The molecule has 0 unspecified atom stereocenters. The lowest BCUT2D eigenvalue weighted by molar-refractivity contribution is 0.415. The third-order valence-corrected chi connectivity index (χ3v) is 4.64. The van der Waals surface area contributed by atoms with Gasteiger partial charge in [0.15, 0.2) is 0 Å². The summed E-state index contributed by atoms with van der Waals surface area (Å²) in [4.78, 5) is 4.77. The van der Waals surface area contributed by atoms with E-state index in [1.165, 1.54) is 0 Å². The number of hydrogen-bond donors (Lipinski definition) is 1. The highest BCUT2D eigenvalue weighted by atomic mass is 16.5. The van der Waals surface area contributed by atoms with Crippen LogP contribution in [0.25, 0.3) is 22.4 Å². The number of benzene rings is 3. The Hall–Kier alpha value is -4.10. The zero-order valence-corrected chi connectivity index (χ0v) is 16.0. The molecule has 0 fully saturated rings. The van der Waals surface area contributed by atoms with E-state index in [9.17, 15) is 5.26 Å². The zero-order chi connectivity index (χ0) is 20.1. The predicted molar refractivity (Wildman–Crippen MR) is 116 cm³/mol. The Morgan fingerprint density at radius 3 is 2.03 bits per heavy atom. The van der Waals surface area contributed by atoms with Gasteiger partial charge < -0.3 is 10.1 Å². The van der Waals surface area contributed by atoms with Crippen molar-refractivity contribution in [3.05, 3.63) is 96.6 Å². The molecule has 0 aliphatic carbocycles. The van der Waals surface area contributed by atoms with Gasteiger partial charge in [-0.15, -0.1) is 0 Å². The molecule has 0 saturated heterocycles. The lowest BCUT2D eigenvalue weighted by atomic mass is 9.98. The molecule has 29 heavy (non-hydrogen) atoms. The predicted octanol–water partition coefficient (Wildman–Crippen LogP) is 6.04. The quantitative estimate of drug-likeness (QED) is 0.461. The van der Waals surface area contributed by atoms with Gasteiger partial charge in [-0.2, -0.15) is 5.26 Å². The van der Waals surface area contributed by atoms with Gasteiger partial charge in [0.05, 0.1) is 12.8 Å². The molecule has 1 heterocycles. The second-order valence-electron chi connectivity index (χ2n) is 6.48. The molecule has 1 aromatic heterocycles. The van der Waals surface area contributed by atoms with Crippen LogP contribution in [-0.2, 0) is 0 Å². The van der Waals surface area contributed by atoms with Gasteiger partial charge in [-0.05, 0) is 35.9 Å². The van der Waals surface area contributed by atoms with Crippen LogP contribution in [0, 0.1) is 11.3 Å². The van der Waals surface area contributed by atoms with E-state index in [4.69, 9.17) is 9.72 Å². The molecular weight excluding hydrogens is 358 g/mol. The Labute approximate surface area is 170 Å². The monoisotopic (exact) mass is 377 g/mol. The first-order valence-corrected chi connectivity index (χ1v) is 9.25. The molecule has 0 atom stereocenters. The van der Waals surface area contributed by atoms with Crippen molar-refractivity contribution < 1.29 is 4.74 Å². The lowest BCUT2D eigenvalue weighted by Gasteiger charge is -2.14. The van der Waals surface area contributed by atoms with Gasteiger partial charge in [0, 0.05) is 16.8 Å². The third-order valence-electron chi connectivity index (χ3n) is 4.64. The molecule has 0 amide bonds. The average Bonchev–Trinajstić information content (AvgIpc) is 2.80. The summed E-state index contributed by atoms with van der Waals surface area (Å²) in [5.41, 5.74) is 4.96. The van der Waals surface area contributed by atoms with Crippen molar-refractivity contribution in [2.75, 3.05) is 12.4 Å². The lowest BCUT2D eigenvalue weighted by Crippen LogP contribution is -2.01. The van der Waals surface area contributed by atoms with Gasteiger partial charge in [-0.1, -0.05) is 60.7 Å². The van der Waals surface area contributed by atoms with Crippen molar-refractivity contribution in [3.63, 3.8) is 0 Å². The molecule has 4 rings (SSSR count). The molecule has 1 N–H and O–H groups in total. The second-order valence-corrected chi connectivity index (χ2v) is 6.48. The first-order chi connectivity index (χ1) is 14.3. The van der Waals surface area contributed by atoms with E-state index in [2.05, 4.69) is 11.4 Å². The van der Waals surface area contributed by atoms with Gasteiger partial charge in [-0.25, -0.2) is 4.98 Å². The van der Waals surface area contributed by atoms with Crippen molar-refractivity contribution >= 4 is 11.5 Å². The SMILES string of the molecule is COc1ccc(Nc2nc(-c3ccccc3)cc(-c3ccccc3)c2C#N)cc1. The maximum Gasteiger partial charge on any atom is 0.149 e.